The van der Waals surface area contributed by atoms with Crippen LogP contribution in [0.2, 0.25) is 5.02 Å². The molecule has 4 aliphatic rings. The maximum absolute atomic E-state index is 6.25. The number of fused-ring (bicyclic) bond motifs is 3. The van der Waals surface area contributed by atoms with Gasteiger partial charge in [-0.15, -0.1) is 0 Å². The quantitative estimate of drug-likeness (QED) is 0.908. The first-order chi connectivity index (χ1) is 11.7. The predicted molar refractivity (Wildman–Crippen MR) is 93.9 cm³/mol. The van der Waals surface area contributed by atoms with E-state index in [0.717, 1.165) is 17.1 Å². The van der Waals surface area contributed by atoms with E-state index in [0.29, 0.717) is 34.5 Å². The van der Waals surface area contributed by atoms with Gasteiger partial charge in [0.15, 0.2) is 11.6 Å². The van der Waals surface area contributed by atoms with E-state index in [1.54, 1.807) is 0 Å². The van der Waals surface area contributed by atoms with Gasteiger partial charge in [-0.2, -0.15) is 0 Å². The van der Waals surface area contributed by atoms with Crippen LogP contribution in [0.15, 0.2) is 16.7 Å². The number of nitrogens with one attached hydrogen (secondary N) is 1. The number of nitrogens with zero attached hydrogens (tertiary/aromatic N) is 2. The van der Waals surface area contributed by atoms with Gasteiger partial charge in [-0.05, 0) is 63.7 Å². The Labute approximate surface area is 146 Å². The molecular weight excluding hydrogens is 326 g/mol. The van der Waals surface area contributed by atoms with Crippen molar-refractivity contribution in [3.63, 3.8) is 0 Å². The minimum Gasteiger partial charge on any atom is -0.488 e. The van der Waals surface area contributed by atoms with Crippen LogP contribution < -0.4 is 10.1 Å². The molecule has 1 spiro atoms. The number of anilines is 1. The van der Waals surface area contributed by atoms with Crippen LogP contribution in [0.5, 0.6) is 5.75 Å². The fraction of sp³-hybridized carbons (Fsp3) is 0.611. The molecule has 0 unspecified atom stereocenters. The summed E-state index contributed by atoms with van der Waals surface area (Å²) in [4.78, 5) is 2.69. The van der Waals surface area contributed by atoms with Crippen LogP contribution in [0.4, 0.5) is 5.82 Å². The highest BCUT2D eigenvalue weighted by Crippen LogP contribution is 2.54. The highest BCUT2D eigenvalue weighted by molar-refractivity contribution is 6.33. The smallest absolute Gasteiger partial charge is 0.212 e. The molecule has 0 radical (unpaired) electrons. The Hall–Kier alpha value is -1.46. The standard InChI is InChI=1S/C18H22ClN3O2/c1-2-23-15-13(19)4-3-12-14(15)24-21-17(12)20-16-11-5-9-22(10-6-11)18(16)7-8-18/h3-4,11,16H,2,5-10H2,1H3,(H,20,21)/t16-/m0/s1. The summed E-state index contributed by atoms with van der Waals surface area (Å²) < 4.78 is 11.2. The van der Waals surface area contributed by atoms with Crippen molar-refractivity contribution in [3.05, 3.63) is 17.2 Å². The molecule has 3 saturated heterocycles. The Morgan fingerprint density at radius 1 is 1.38 bits per heavy atom. The molecule has 5 nitrogen and oxygen atoms in total. The topological polar surface area (TPSA) is 50.5 Å². The van der Waals surface area contributed by atoms with Gasteiger partial charge in [0.1, 0.15) is 0 Å². The molecule has 1 N–H and O–H groups in total. The molecule has 1 saturated carbocycles. The Kier molecular flexibility index (Phi) is 3.26. The second-order valence-corrected chi connectivity index (χ2v) is 7.67. The number of halogens is 1. The summed E-state index contributed by atoms with van der Waals surface area (Å²) in [5, 5.41) is 9.56. The molecule has 1 aliphatic carbocycles. The van der Waals surface area contributed by atoms with Crippen molar-refractivity contribution in [2.45, 2.75) is 44.2 Å². The number of aromatic nitrogens is 1. The van der Waals surface area contributed by atoms with E-state index in [2.05, 4.69) is 15.4 Å². The maximum Gasteiger partial charge on any atom is 0.212 e. The summed E-state index contributed by atoms with van der Waals surface area (Å²) in [7, 11) is 0. The van der Waals surface area contributed by atoms with Crippen LogP contribution >= 0.6 is 11.6 Å². The molecular formula is C18H22ClN3O2. The largest absolute Gasteiger partial charge is 0.488 e. The van der Waals surface area contributed by atoms with Crippen LogP contribution in [0.3, 0.4) is 0 Å². The van der Waals surface area contributed by atoms with Gasteiger partial charge >= 0.3 is 0 Å². The van der Waals surface area contributed by atoms with E-state index < -0.39 is 0 Å². The molecule has 1 aromatic heterocycles. The fourth-order valence-corrected chi connectivity index (χ4v) is 5.01. The van der Waals surface area contributed by atoms with Gasteiger partial charge < -0.3 is 14.6 Å². The lowest BCUT2D eigenvalue weighted by Crippen LogP contribution is -2.62. The third-order valence-electron chi connectivity index (χ3n) is 6.11. The number of hydrogen-bond donors (Lipinski definition) is 1. The first-order valence-corrected chi connectivity index (χ1v) is 9.33. The Morgan fingerprint density at radius 3 is 2.88 bits per heavy atom. The summed E-state index contributed by atoms with van der Waals surface area (Å²) in [5.74, 6) is 2.16. The third kappa shape index (κ3) is 2.01. The van der Waals surface area contributed by atoms with Gasteiger partial charge in [-0.3, -0.25) is 4.90 Å². The van der Waals surface area contributed by atoms with Crippen molar-refractivity contribution >= 4 is 28.4 Å². The predicted octanol–water partition coefficient (Wildman–Crippen LogP) is 3.92. The van der Waals surface area contributed by atoms with E-state index in [-0.39, 0.29) is 0 Å². The summed E-state index contributed by atoms with van der Waals surface area (Å²) in [5.41, 5.74) is 1.000. The molecule has 2 aromatic rings. The van der Waals surface area contributed by atoms with Gasteiger partial charge in [-0.1, -0.05) is 16.8 Å². The van der Waals surface area contributed by atoms with Crippen molar-refractivity contribution < 1.29 is 9.26 Å². The van der Waals surface area contributed by atoms with E-state index in [1.807, 2.05) is 19.1 Å². The highest BCUT2D eigenvalue weighted by atomic mass is 35.5. The minimum atomic E-state index is 0.363. The highest BCUT2D eigenvalue weighted by Gasteiger charge is 2.60. The molecule has 24 heavy (non-hydrogen) atoms. The van der Waals surface area contributed by atoms with Gasteiger partial charge in [0.05, 0.1) is 17.0 Å². The Morgan fingerprint density at radius 2 is 2.17 bits per heavy atom. The lowest BCUT2D eigenvalue weighted by Gasteiger charge is -2.52. The summed E-state index contributed by atoms with van der Waals surface area (Å²) >= 11 is 6.25. The van der Waals surface area contributed by atoms with Gasteiger partial charge in [0.2, 0.25) is 5.58 Å². The maximum atomic E-state index is 6.25. The molecule has 128 valence electrons. The second kappa shape index (κ2) is 5.27. The van der Waals surface area contributed by atoms with Crippen LogP contribution in [0.25, 0.3) is 11.0 Å². The SMILES string of the molecule is CCOc1c(Cl)ccc2c(N[C@H]3C4CCN(CC4)C34CC4)noc12. The molecule has 4 heterocycles. The van der Waals surface area contributed by atoms with E-state index in [9.17, 15) is 0 Å². The zero-order valence-electron chi connectivity index (χ0n) is 13.8. The van der Waals surface area contributed by atoms with Gasteiger partial charge in [-0.25, -0.2) is 0 Å². The molecule has 2 bridgehead atoms. The zero-order valence-corrected chi connectivity index (χ0v) is 14.6. The number of rotatable bonds is 4. The van der Waals surface area contributed by atoms with Crippen molar-refractivity contribution in [1.29, 1.82) is 0 Å². The van der Waals surface area contributed by atoms with Crippen molar-refractivity contribution in [1.82, 2.24) is 10.1 Å². The number of ether oxygens (including phenoxy) is 1. The van der Waals surface area contributed by atoms with Crippen molar-refractivity contribution in [3.8, 4) is 5.75 Å². The fourth-order valence-electron chi connectivity index (χ4n) is 4.81. The van der Waals surface area contributed by atoms with Crippen LogP contribution in [-0.2, 0) is 0 Å². The summed E-state index contributed by atoms with van der Waals surface area (Å²) in [6.45, 7) is 5.00. The molecule has 1 atom stereocenters. The third-order valence-corrected chi connectivity index (χ3v) is 6.41. The van der Waals surface area contributed by atoms with E-state index in [4.69, 9.17) is 20.9 Å². The van der Waals surface area contributed by atoms with E-state index in [1.165, 1.54) is 38.8 Å². The molecule has 6 heteroatoms. The zero-order chi connectivity index (χ0) is 16.3. The molecule has 0 amide bonds. The average Bonchev–Trinajstić information content (AvgIpc) is 3.28. The van der Waals surface area contributed by atoms with Crippen molar-refractivity contribution in [2.24, 2.45) is 5.92 Å². The average molecular weight is 348 g/mol. The number of hydrogen-bond acceptors (Lipinski definition) is 5. The van der Waals surface area contributed by atoms with Crippen molar-refractivity contribution in [2.75, 3.05) is 25.0 Å². The first kappa shape index (κ1) is 14.8. The van der Waals surface area contributed by atoms with Crippen LogP contribution in [-0.4, -0.2) is 41.3 Å². The number of piperidine rings is 3. The lowest BCUT2D eigenvalue weighted by molar-refractivity contribution is 0.0202. The molecule has 4 fully saturated rings. The molecule has 1 aromatic carbocycles. The monoisotopic (exact) mass is 347 g/mol. The summed E-state index contributed by atoms with van der Waals surface area (Å²) in [6.07, 6.45) is 5.16. The Bertz CT molecular complexity index is 778. The second-order valence-electron chi connectivity index (χ2n) is 7.27. The molecule has 6 rings (SSSR count). The molecule has 3 aliphatic heterocycles. The number of benzene rings is 1. The normalized spacial score (nSPS) is 30.0. The first-order valence-electron chi connectivity index (χ1n) is 8.95. The van der Waals surface area contributed by atoms with Crippen LogP contribution in [0, 0.1) is 5.92 Å². The van der Waals surface area contributed by atoms with Gasteiger partial charge in [0.25, 0.3) is 0 Å². The summed E-state index contributed by atoms with van der Waals surface area (Å²) in [6, 6.07) is 4.31. The Balaban J connectivity index is 1.51. The van der Waals surface area contributed by atoms with Crippen LogP contribution in [0.1, 0.15) is 32.6 Å². The van der Waals surface area contributed by atoms with Gasteiger partial charge in [0, 0.05) is 11.6 Å². The minimum absolute atomic E-state index is 0.363. The van der Waals surface area contributed by atoms with E-state index >= 15 is 0 Å². The lowest BCUT2D eigenvalue weighted by atomic mass is 9.77.